The minimum atomic E-state index is -0.883. The fourth-order valence-corrected chi connectivity index (χ4v) is 5.58. The smallest absolute Gasteiger partial charge is 0.365 e. The van der Waals surface area contributed by atoms with E-state index in [2.05, 4.69) is 5.10 Å². The zero-order valence-corrected chi connectivity index (χ0v) is 17.1. The summed E-state index contributed by atoms with van der Waals surface area (Å²) in [6, 6.07) is 7.29. The summed E-state index contributed by atoms with van der Waals surface area (Å²) in [5.74, 6) is -0.259. The van der Waals surface area contributed by atoms with Crippen LogP contribution in [0, 0.1) is 0 Å². The Morgan fingerprint density at radius 2 is 1.67 bits per heavy atom. The van der Waals surface area contributed by atoms with Gasteiger partial charge < -0.3 is 19.1 Å². The maximum Gasteiger partial charge on any atom is 0.365 e. The predicted molar refractivity (Wildman–Crippen MR) is 105 cm³/mol. The minimum absolute atomic E-state index is 0.201. The zero-order valence-electron chi connectivity index (χ0n) is 15.5. The van der Waals surface area contributed by atoms with Crippen LogP contribution in [0.25, 0.3) is 0 Å². The summed E-state index contributed by atoms with van der Waals surface area (Å²) in [7, 11) is 6.08. The second kappa shape index (κ2) is 7.35. The summed E-state index contributed by atoms with van der Waals surface area (Å²) in [6.45, 7) is 1.83. The van der Waals surface area contributed by atoms with Gasteiger partial charge in [0.15, 0.2) is 0 Å². The highest BCUT2D eigenvalue weighted by molar-refractivity contribution is 8.28. The molecule has 2 heterocycles. The molecule has 0 bridgehead atoms. The van der Waals surface area contributed by atoms with E-state index in [1.807, 2.05) is 31.0 Å². The van der Waals surface area contributed by atoms with Crippen LogP contribution in [0.5, 0.6) is 5.75 Å². The van der Waals surface area contributed by atoms with Gasteiger partial charge in [-0.05, 0) is 43.0 Å². The van der Waals surface area contributed by atoms with Crippen LogP contribution in [-0.2, 0) is 19.1 Å². The summed E-state index contributed by atoms with van der Waals surface area (Å²) >= 11 is 2.50. The van der Waals surface area contributed by atoms with Gasteiger partial charge in [0.2, 0.25) is 9.37 Å². The largest absolute Gasteiger partial charge is 0.497 e. The SMILES string of the molecule is COC(=O)C1=NN(c2ccc(OC)cc2)C2(S1)SC(C(=O)OC)=C(C)N2C. The van der Waals surface area contributed by atoms with Gasteiger partial charge in [0.05, 0.1) is 27.0 Å². The number of ether oxygens (including phenoxy) is 3. The van der Waals surface area contributed by atoms with Crippen molar-refractivity contribution in [3.8, 4) is 5.75 Å². The molecule has 2 aliphatic rings. The van der Waals surface area contributed by atoms with Gasteiger partial charge in [-0.1, -0.05) is 11.8 Å². The molecule has 2 aliphatic heterocycles. The lowest BCUT2D eigenvalue weighted by Crippen LogP contribution is -2.47. The first-order valence-corrected chi connectivity index (χ1v) is 9.53. The van der Waals surface area contributed by atoms with Crippen molar-refractivity contribution in [3.05, 3.63) is 34.9 Å². The maximum atomic E-state index is 12.2. The second-order valence-electron chi connectivity index (χ2n) is 5.62. The van der Waals surface area contributed by atoms with E-state index in [1.54, 1.807) is 24.3 Å². The van der Waals surface area contributed by atoms with Crippen molar-refractivity contribution in [2.45, 2.75) is 11.3 Å². The number of esters is 2. The molecule has 0 aliphatic carbocycles. The van der Waals surface area contributed by atoms with Crippen molar-refractivity contribution < 1.29 is 23.8 Å². The quantitative estimate of drug-likeness (QED) is 0.697. The fourth-order valence-electron chi connectivity index (χ4n) is 2.65. The lowest BCUT2D eigenvalue weighted by atomic mass is 10.3. The van der Waals surface area contributed by atoms with Crippen molar-refractivity contribution in [1.82, 2.24) is 4.90 Å². The van der Waals surface area contributed by atoms with Crippen LogP contribution >= 0.6 is 23.5 Å². The van der Waals surface area contributed by atoms with Crippen LogP contribution in [0.2, 0.25) is 0 Å². The lowest BCUT2D eigenvalue weighted by Gasteiger charge is -2.39. The summed E-state index contributed by atoms with van der Waals surface area (Å²) in [5, 5.41) is 6.38. The molecule has 10 heteroatoms. The number of hydrogen-bond acceptors (Lipinski definition) is 10. The third-order valence-electron chi connectivity index (χ3n) is 4.23. The van der Waals surface area contributed by atoms with E-state index in [1.165, 1.54) is 37.7 Å². The molecular formula is C17H19N3O5S2. The molecule has 0 saturated heterocycles. The van der Waals surface area contributed by atoms with Crippen LogP contribution in [0.15, 0.2) is 40.0 Å². The van der Waals surface area contributed by atoms with Crippen molar-refractivity contribution in [2.75, 3.05) is 33.4 Å². The van der Waals surface area contributed by atoms with Gasteiger partial charge >= 0.3 is 11.9 Å². The van der Waals surface area contributed by atoms with Gasteiger partial charge in [-0.2, -0.15) is 5.10 Å². The molecule has 0 N–H and O–H groups in total. The van der Waals surface area contributed by atoms with E-state index in [9.17, 15) is 9.59 Å². The first-order chi connectivity index (χ1) is 12.9. The summed E-state index contributed by atoms with van der Waals surface area (Å²) < 4.78 is 14.1. The van der Waals surface area contributed by atoms with Crippen molar-refractivity contribution in [2.24, 2.45) is 5.10 Å². The Bertz CT molecular complexity index is 839. The second-order valence-corrected chi connectivity index (χ2v) is 8.22. The summed E-state index contributed by atoms with van der Waals surface area (Å²) in [4.78, 5) is 26.7. The van der Waals surface area contributed by atoms with Crippen LogP contribution in [-0.4, -0.2) is 54.6 Å². The predicted octanol–water partition coefficient (Wildman–Crippen LogP) is 2.43. The third-order valence-corrected chi connectivity index (χ3v) is 7.26. The number of benzene rings is 1. The molecule has 1 atom stereocenters. The lowest BCUT2D eigenvalue weighted by molar-refractivity contribution is -0.135. The number of methoxy groups -OCH3 is 3. The summed E-state index contributed by atoms with van der Waals surface area (Å²) in [5.41, 5.74) is 1.47. The van der Waals surface area contributed by atoms with E-state index >= 15 is 0 Å². The number of thioether (sulfide) groups is 2. The first-order valence-electron chi connectivity index (χ1n) is 7.90. The number of carbonyl (C=O) groups excluding carboxylic acids is 2. The Hall–Kier alpha value is -2.33. The normalized spacial score (nSPS) is 21.6. The van der Waals surface area contributed by atoms with Crippen LogP contribution < -0.4 is 9.75 Å². The van der Waals surface area contributed by atoms with Crippen LogP contribution in [0.3, 0.4) is 0 Å². The number of anilines is 1. The van der Waals surface area contributed by atoms with Gasteiger partial charge in [-0.3, -0.25) is 0 Å². The Kier molecular flexibility index (Phi) is 5.29. The molecule has 1 aromatic rings. The fraction of sp³-hybridized carbons (Fsp3) is 0.353. The molecular weight excluding hydrogens is 390 g/mol. The molecule has 27 heavy (non-hydrogen) atoms. The zero-order chi connectivity index (χ0) is 19.8. The molecule has 144 valence electrons. The highest BCUT2D eigenvalue weighted by Crippen LogP contribution is 2.58. The number of hydrazone groups is 1. The Balaban J connectivity index is 2.05. The topological polar surface area (TPSA) is 80.7 Å². The molecule has 1 aromatic carbocycles. The van der Waals surface area contributed by atoms with Crippen molar-refractivity contribution in [3.63, 3.8) is 0 Å². The molecule has 1 unspecified atom stereocenters. The molecule has 1 spiro atoms. The molecule has 0 radical (unpaired) electrons. The van der Waals surface area contributed by atoms with Gasteiger partial charge in [0, 0.05) is 12.7 Å². The van der Waals surface area contributed by atoms with Crippen molar-refractivity contribution >= 4 is 46.2 Å². The number of carbonyl (C=O) groups is 2. The minimum Gasteiger partial charge on any atom is -0.497 e. The van der Waals surface area contributed by atoms with Gasteiger partial charge in [0.1, 0.15) is 10.7 Å². The highest BCUT2D eigenvalue weighted by Gasteiger charge is 2.56. The Morgan fingerprint density at radius 3 is 2.22 bits per heavy atom. The van der Waals surface area contributed by atoms with Gasteiger partial charge in [-0.25, -0.2) is 14.6 Å². The van der Waals surface area contributed by atoms with Crippen molar-refractivity contribution in [1.29, 1.82) is 0 Å². The highest BCUT2D eigenvalue weighted by atomic mass is 32.2. The van der Waals surface area contributed by atoms with E-state index in [0.717, 1.165) is 11.4 Å². The number of rotatable bonds is 4. The Labute approximate surface area is 165 Å². The number of hydrogen-bond donors (Lipinski definition) is 0. The average molecular weight is 409 g/mol. The van der Waals surface area contributed by atoms with Crippen LogP contribution in [0.1, 0.15) is 6.92 Å². The molecule has 0 aromatic heterocycles. The van der Waals surface area contributed by atoms with E-state index in [-0.39, 0.29) is 5.04 Å². The monoisotopic (exact) mass is 409 g/mol. The van der Waals surface area contributed by atoms with E-state index < -0.39 is 16.3 Å². The number of nitrogens with zero attached hydrogens (tertiary/aromatic N) is 3. The third kappa shape index (κ3) is 3.12. The van der Waals surface area contributed by atoms with Gasteiger partial charge in [0.25, 0.3) is 0 Å². The molecule has 0 amide bonds. The molecule has 0 fully saturated rings. The standard InChI is InChI=1S/C17H19N3O5S2/c1-10-13(15(21)24-4)26-17(19(10)2)20(18-14(27-17)16(22)25-5)11-6-8-12(23-3)9-7-11/h6-9H,1-5H3. The molecule has 0 saturated carbocycles. The Morgan fingerprint density at radius 1 is 1.04 bits per heavy atom. The summed E-state index contributed by atoms with van der Waals surface area (Å²) in [6.07, 6.45) is 0. The van der Waals surface area contributed by atoms with E-state index in [0.29, 0.717) is 10.7 Å². The molecule has 8 nitrogen and oxygen atoms in total. The number of allylic oxidation sites excluding steroid dienone is 1. The molecule has 3 rings (SSSR count). The van der Waals surface area contributed by atoms with E-state index in [4.69, 9.17) is 14.2 Å². The van der Waals surface area contributed by atoms with Crippen LogP contribution in [0.4, 0.5) is 5.69 Å². The average Bonchev–Trinajstić information content (AvgIpc) is 3.21. The maximum absolute atomic E-state index is 12.2. The first kappa shape index (κ1) is 19.4. The van der Waals surface area contributed by atoms with Gasteiger partial charge in [-0.15, -0.1) is 0 Å².